The molecule has 0 unspecified atom stereocenters. The molecule has 2 aromatic heterocycles. The number of anilines is 1. The highest BCUT2D eigenvalue weighted by Gasteiger charge is 2.42. The third kappa shape index (κ3) is 4.14. The fourth-order valence-corrected chi connectivity index (χ4v) is 5.73. The molecular formula is C30H32N4S. The zero-order valence-electron chi connectivity index (χ0n) is 21.3. The monoisotopic (exact) mass is 480 g/mol. The Morgan fingerprint density at radius 1 is 0.800 bits per heavy atom. The van der Waals surface area contributed by atoms with E-state index in [0.717, 1.165) is 16.5 Å². The van der Waals surface area contributed by atoms with Crippen LogP contribution >= 0.6 is 12.2 Å². The number of nitrogens with one attached hydrogen (secondary N) is 1. The molecule has 0 spiro atoms. The second-order valence-corrected chi connectivity index (χ2v) is 10.2. The van der Waals surface area contributed by atoms with E-state index in [1.165, 1.54) is 44.9 Å². The van der Waals surface area contributed by atoms with Gasteiger partial charge in [0.25, 0.3) is 0 Å². The van der Waals surface area contributed by atoms with Gasteiger partial charge in [0.15, 0.2) is 5.11 Å². The Kier molecular flexibility index (Phi) is 5.97. The van der Waals surface area contributed by atoms with Crippen molar-refractivity contribution in [2.75, 3.05) is 4.90 Å². The van der Waals surface area contributed by atoms with Gasteiger partial charge < -0.3 is 14.8 Å². The molecular weight excluding hydrogens is 448 g/mol. The molecule has 3 heterocycles. The van der Waals surface area contributed by atoms with Crippen LogP contribution in [-0.2, 0) is 0 Å². The van der Waals surface area contributed by atoms with Crippen molar-refractivity contribution >= 4 is 23.0 Å². The highest BCUT2D eigenvalue weighted by molar-refractivity contribution is 7.80. The lowest BCUT2D eigenvalue weighted by Gasteiger charge is -2.28. The Morgan fingerprint density at radius 3 is 2.20 bits per heavy atom. The maximum absolute atomic E-state index is 5.94. The standard InChI is InChI=1S/C30H32N4S/c1-18-13-19(2)15-25(14-18)33-22(5)17-26(23(33)6)29-28(27-9-7-8-12-31-27)32-30(35)34(29)24-11-10-20(3)21(4)16-24/h7-17,28-29H,1-6H3,(H,32,35)/t28-,29-/m0/s1. The molecule has 0 bridgehead atoms. The van der Waals surface area contributed by atoms with Gasteiger partial charge in [-0.2, -0.15) is 0 Å². The minimum atomic E-state index is -0.0569. The molecule has 1 aliphatic rings. The van der Waals surface area contributed by atoms with Crippen molar-refractivity contribution < 1.29 is 0 Å². The summed E-state index contributed by atoms with van der Waals surface area (Å²) in [5, 5.41) is 4.33. The van der Waals surface area contributed by atoms with Gasteiger partial charge in [-0.05, 0) is 124 Å². The maximum atomic E-state index is 5.94. The van der Waals surface area contributed by atoms with Crippen molar-refractivity contribution in [3.63, 3.8) is 0 Å². The van der Waals surface area contributed by atoms with Crippen molar-refractivity contribution in [2.24, 2.45) is 0 Å². The average Bonchev–Trinajstić information content (AvgIpc) is 3.31. The molecule has 0 aliphatic carbocycles. The van der Waals surface area contributed by atoms with Gasteiger partial charge in [0.2, 0.25) is 0 Å². The van der Waals surface area contributed by atoms with Gasteiger partial charge in [-0.15, -0.1) is 0 Å². The summed E-state index contributed by atoms with van der Waals surface area (Å²) in [7, 11) is 0. The van der Waals surface area contributed by atoms with Crippen LogP contribution in [0.25, 0.3) is 5.69 Å². The lowest BCUT2D eigenvalue weighted by Crippen LogP contribution is -2.29. The van der Waals surface area contributed by atoms with Crippen LogP contribution in [0.1, 0.15) is 57.0 Å². The number of aromatic nitrogens is 2. The Balaban J connectivity index is 1.70. The molecule has 4 nitrogen and oxygen atoms in total. The predicted molar refractivity (Wildman–Crippen MR) is 149 cm³/mol. The molecule has 178 valence electrons. The molecule has 0 amide bonds. The average molecular weight is 481 g/mol. The zero-order chi connectivity index (χ0) is 24.9. The first-order valence-corrected chi connectivity index (χ1v) is 12.5. The minimum absolute atomic E-state index is 0.0228. The van der Waals surface area contributed by atoms with E-state index < -0.39 is 0 Å². The third-order valence-electron chi connectivity index (χ3n) is 7.12. The Bertz CT molecular complexity index is 1400. The van der Waals surface area contributed by atoms with Crippen LogP contribution in [0.15, 0.2) is 66.9 Å². The lowest BCUT2D eigenvalue weighted by molar-refractivity contribution is 0.565. The molecule has 5 heteroatoms. The molecule has 1 fully saturated rings. The molecule has 5 rings (SSSR count). The van der Waals surface area contributed by atoms with Gasteiger partial charge in [-0.1, -0.05) is 18.2 Å². The van der Waals surface area contributed by atoms with Crippen LogP contribution in [-0.4, -0.2) is 14.7 Å². The number of pyridine rings is 1. The van der Waals surface area contributed by atoms with Gasteiger partial charge in [0.1, 0.15) is 0 Å². The van der Waals surface area contributed by atoms with E-state index in [1.807, 2.05) is 18.3 Å². The smallest absolute Gasteiger partial charge is 0.174 e. The van der Waals surface area contributed by atoms with E-state index >= 15 is 0 Å². The van der Waals surface area contributed by atoms with Crippen molar-refractivity contribution in [1.29, 1.82) is 0 Å². The summed E-state index contributed by atoms with van der Waals surface area (Å²) in [4.78, 5) is 6.99. The SMILES string of the molecule is Cc1cc(C)cc(-n2c(C)cc([C@H]3[C@H](c4ccccn4)NC(=S)N3c3ccc(C)c(C)c3)c2C)c1. The largest absolute Gasteiger partial charge is 0.351 e. The van der Waals surface area contributed by atoms with Crippen molar-refractivity contribution in [2.45, 2.75) is 53.6 Å². The normalized spacial score (nSPS) is 17.7. The van der Waals surface area contributed by atoms with Crippen LogP contribution in [0.2, 0.25) is 0 Å². The summed E-state index contributed by atoms with van der Waals surface area (Å²) in [5.74, 6) is 0. The number of aryl methyl sites for hydroxylation is 5. The van der Waals surface area contributed by atoms with Gasteiger partial charge >= 0.3 is 0 Å². The van der Waals surface area contributed by atoms with E-state index in [9.17, 15) is 0 Å². The lowest BCUT2D eigenvalue weighted by atomic mass is 9.96. The van der Waals surface area contributed by atoms with Crippen LogP contribution in [0, 0.1) is 41.5 Å². The summed E-state index contributed by atoms with van der Waals surface area (Å²) >= 11 is 5.94. The van der Waals surface area contributed by atoms with Gasteiger partial charge in [-0.3, -0.25) is 4.98 Å². The second-order valence-electron chi connectivity index (χ2n) is 9.77. The molecule has 0 radical (unpaired) electrons. The molecule has 0 saturated carbocycles. The van der Waals surface area contributed by atoms with Crippen LogP contribution in [0.3, 0.4) is 0 Å². The van der Waals surface area contributed by atoms with E-state index in [0.29, 0.717) is 0 Å². The highest BCUT2D eigenvalue weighted by atomic mass is 32.1. The molecule has 1 N–H and O–H groups in total. The maximum Gasteiger partial charge on any atom is 0.174 e. The number of nitrogens with zero attached hydrogens (tertiary/aromatic N) is 3. The second kappa shape index (κ2) is 8.97. The first-order chi connectivity index (χ1) is 16.7. The van der Waals surface area contributed by atoms with E-state index in [1.54, 1.807) is 0 Å². The number of thiocarbonyl (C=S) groups is 1. The van der Waals surface area contributed by atoms with Gasteiger partial charge in [0, 0.05) is 29.0 Å². The number of benzene rings is 2. The number of rotatable bonds is 4. The molecule has 2 atom stereocenters. The first-order valence-electron chi connectivity index (χ1n) is 12.1. The van der Waals surface area contributed by atoms with Crippen molar-refractivity contribution in [3.05, 3.63) is 112 Å². The molecule has 35 heavy (non-hydrogen) atoms. The number of hydrogen-bond acceptors (Lipinski definition) is 2. The van der Waals surface area contributed by atoms with Crippen LogP contribution < -0.4 is 10.2 Å². The fraction of sp³-hybridized carbons (Fsp3) is 0.267. The summed E-state index contributed by atoms with van der Waals surface area (Å²) in [5.41, 5.74) is 12.0. The Morgan fingerprint density at radius 2 is 1.54 bits per heavy atom. The van der Waals surface area contributed by atoms with Crippen molar-refractivity contribution in [1.82, 2.24) is 14.9 Å². The summed E-state index contributed by atoms with van der Waals surface area (Å²) in [6.45, 7) is 13.0. The summed E-state index contributed by atoms with van der Waals surface area (Å²) < 4.78 is 2.37. The minimum Gasteiger partial charge on any atom is -0.351 e. The van der Waals surface area contributed by atoms with Gasteiger partial charge in [0.05, 0.1) is 17.8 Å². The van der Waals surface area contributed by atoms with E-state index in [4.69, 9.17) is 17.2 Å². The zero-order valence-corrected chi connectivity index (χ0v) is 22.1. The number of hydrogen-bond donors (Lipinski definition) is 1. The predicted octanol–water partition coefficient (Wildman–Crippen LogP) is 6.90. The van der Waals surface area contributed by atoms with Crippen LogP contribution in [0.4, 0.5) is 5.69 Å². The fourth-order valence-electron chi connectivity index (χ4n) is 5.39. The van der Waals surface area contributed by atoms with Crippen molar-refractivity contribution in [3.8, 4) is 5.69 Å². The third-order valence-corrected chi connectivity index (χ3v) is 7.43. The topological polar surface area (TPSA) is 33.1 Å². The molecule has 1 aliphatic heterocycles. The quantitative estimate of drug-likeness (QED) is 0.322. The molecule has 1 saturated heterocycles. The van der Waals surface area contributed by atoms with E-state index in [-0.39, 0.29) is 12.1 Å². The molecule has 2 aromatic carbocycles. The summed E-state index contributed by atoms with van der Waals surface area (Å²) in [6.07, 6.45) is 1.86. The Labute approximate surface area is 213 Å². The highest BCUT2D eigenvalue weighted by Crippen LogP contribution is 2.44. The van der Waals surface area contributed by atoms with Gasteiger partial charge in [-0.25, -0.2) is 0 Å². The summed E-state index contributed by atoms with van der Waals surface area (Å²) in [6, 6.07) is 21.6. The Hall–Kier alpha value is -3.44. The van der Waals surface area contributed by atoms with E-state index in [2.05, 4.69) is 105 Å². The first kappa shape index (κ1) is 23.3. The molecule has 4 aromatic rings. The van der Waals surface area contributed by atoms with Crippen LogP contribution in [0.5, 0.6) is 0 Å².